The fourth-order valence-corrected chi connectivity index (χ4v) is 3.54. The zero-order chi connectivity index (χ0) is 12.1. The maximum atomic E-state index is 10.8. The SMILES string of the molecule is CN1C2CCC1CC(O)(C(N)C(C)(C)C)C2. The lowest BCUT2D eigenvalue weighted by molar-refractivity contribution is -0.0838. The van der Waals surface area contributed by atoms with Crippen molar-refractivity contribution in [2.24, 2.45) is 11.1 Å². The van der Waals surface area contributed by atoms with Crippen LogP contribution in [0.1, 0.15) is 46.5 Å². The van der Waals surface area contributed by atoms with Crippen LogP contribution in [0.4, 0.5) is 0 Å². The second-order valence-corrected chi connectivity index (χ2v) is 6.91. The van der Waals surface area contributed by atoms with Crippen molar-refractivity contribution in [1.29, 1.82) is 0 Å². The van der Waals surface area contributed by atoms with E-state index in [-0.39, 0.29) is 11.5 Å². The molecule has 0 aromatic heterocycles. The zero-order valence-electron chi connectivity index (χ0n) is 11.0. The third-order valence-corrected chi connectivity index (χ3v) is 4.68. The molecule has 2 rings (SSSR count). The van der Waals surface area contributed by atoms with Gasteiger partial charge in [0.1, 0.15) is 0 Å². The van der Waals surface area contributed by atoms with E-state index in [1.807, 2.05) is 0 Å². The van der Waals surface area contributed by atoms with Crippen LogP contribution < -0.4 is 5.73 Å². The van der Waals surface area contributed by atoms with Gasteiger partial charge in [-0.05, 0) is 38.1 Å². The van der Waals surface area contributed by atoms with Crippen LogP contribution in [0.2, 0.25) is 0 Å². The summed E-state index contributed by atoms with van der Waals surface area (Å²) in [6, 6.07) is 0.950. The van der Waals surface area contributed by atoms with E-state index in [0.717, 1.165) is 12.8 Å². The Kier molecular flexibility index (Phi) is 2.84. The minimum absolute atomic E-state index is 0.0237. The topological polar surface area (TPSA) is 49.5 Å². The molecule has 0 aliphatic carbocycles. The summed E-state index contributed by atoms with van der Waals surface area (Å²) in [4.78, 5) is 2.43. The van der Waals surface area contributed by atoms with Gasteiger partial charge >= 0.3 is 0 Å². The van der Waals surface area contributed by atoms with Crippen molar-refractivity contribution in [3.05, 3.63) is 0 Å². The van der Waals surface area contributed by atoms with Crippen LogP contribution in [0.15, 0.2) is 0 Å². The lowest BCUT2D eigenvalue weighted by atomic mass is 9.71. The van der Waals surface area contributed by atoms with Gasteiger partial charge in [-0.1, -0.05) is 20.8 Å². The number of piperidine rings is 1. The molecule has 2 heterocycles. The van der Waals surface area contributed by atoms with E-state index in [4.69, 9.17) is 5.73 Å². The molecule has 0 radical (unpaired) electrons. The van der Waals surface area contributed by atoms with Crippen molar-refractivity contribution in [3.63, 3.8) is 0 Å². The highest BCUT2D eigenvalue weighted by molar-refractivity contribution is 5.07. The third kappa shape index (κ3) is 1.89. The molecular weight excluding hydrogens is 200 g/mol. The summed E-state index contributed by atoms with van der Waals surface area (Å²) in [5.74, 6) is 0. The number of aliphatic hydroxyl groups is 1. The van der Waals surface area contributed by atoms with Crippen LogP contribution in [0.5, 0.6) is 0 Å². The van der Waals surface area contributed by atoms with Crippen molar-refractivity contribution < 1.29 is 5.11 Å². The first-order valence-electron chi connectivity index (χ1n) is 6.44. The molecule has 3 N–H and O–H groups in total. The molecule has 2 aliphatic rings. The van der Waals surface area contributed by atoms with Gasteiger partial charge in [0.05, 0.1) is 5.60 Å². The largest absolute Gasteiger partial charge is 0.388 e. The predicted octanol–water partition coefficient (Wildman–Crippen LogP) is 1.35. The van der Waals surface area contributed by atoms with E-state index in [1.165, 1.54) is 12.8 Å². The smallest absolute Gasteiger partial charge is 0.0832 e. The highest BCUT2D eigenvalue weighted by atomic mass is 16.3. The van der Waals surface area contributed by atoms with Gasteiger partial charge in [-0.25, -0.2) is 0 Å². The Balaban J connectivity index is 2.16. The molecule has 0 aromatic rings. The minimum Gasteiger partial charge on any atom is -0.388 e. The summed E-state index contributed by atoms with van der Waals surface area (Å²) in [5, 5.41) is 10.8. The number of nitrogens with two attached hydrogens (primary N) is 1. The van der Waals surface area contributed by atoms with Crippen LogP contribution in [0, 0.1) is 5.41 Å². The summed E-state index contributed by atoms with van der Waals surface area (Å²) >= 11 is 0. The van der Waals surface area contributed by atoms with E-state index in [0.29, 0.717) is 12.1 Å². The van der Waals surface area contributed by atoms with Crippen molar-refractivity contribution in [1.82, 2.24) is 4.90 Å². The molecule has 2 aliphatic heterocycles. The zero-order valence-corrected chi connectivity index (χ0v) is 11.0. The highest BCUT2D eigenvalue weighted by Gasteiger charge is 2.51. The molecule has 3 heteroatoms. The molecule has 0 aromatic carbocycles. The Bertz CT molecular complexity index is 258. The average molecular weight is 226 g/mol. The molecule has 16 heavy (non-hydrogen) atoms. The second kappa shape index (κ2) is 3.69. The lowest BCUT2D eigenvalue weighted by Crippen LogP contribution is -2.61. The Labute approximate surface area is 99.0 Å². The molecule has 3 atom stereocenters. The van der Waals surface area contributed by atoms with E-state index in [9.17, 15) is 5.11 Å². The van der Waals surface area contributed by atoms with E-state index in [2.05, 4.69) is 32.7 Å². The molecule has 2 fully saturated rings. The third-order valence-electron chi connectivity index (χ3n) is 4.68. The number of hydrogen-bond donors (Lipinski definition) is 2. The summed E-state index contributed by atoms with van der Waals surface area (Å²) in [6.07, 6.45) is 4.14. The van der Waals surface area contributed by atoms with Crippen LogP contribution in [0.25, 0.3) is 0 Å². The van der Waals surface area contributed by atoms with Gasteiger partial charge in [0.25, 0.3) is 0 Å². The Morgan fingerprint density at radius 3 is 2.06 bits per heavy atom. The van der Waals surface area contributed by atoms with Gasteiger partial charge in [-0.3, -0.25) is 0 Å². The van der Waals surface area contributed by atoms with Crippen molar-refractivity contribution >= 4 is 0 Å². The molecule has 3 nitrogen and oxygen atoms in total. The summed E-state index contributed by atoms with van der Waals surface area (Å²) in [5.41, 5.74) is 5.61. The second-order valence-electron chi connectivity index (χ2n) is 6.91. The Morgan fingerprint density at radius 1 is 1.25 bits per heavy atom. The predicted molar refractivity (Wildman–Crippen MR) is 66.2 cm³/mol. The highest BCUT2D eigenvalue weighted by Crippen LogP contribution is 2.43. The van der Waals surface area contributed by atoms with Crippen LogP contribution >= 0.6 is 0 Å². The fourth-order valence-electron chi connectivity index (χ4n) is 3.54. The molecule has 0 spiro atoms. The number of fused-ring (bicyclic) bond motifs is 2. The summed E-state index contributed by atoms with van der Waals surface area (Å²) < 4.78 is 0. The molecule has 3 unspecified atom stereocenters. The molecule has 2 saturated heterocycles. The van der Waals surface area contributed by atoms with Crippen LogP contribution in [-0.2, 0) is 0 Å². The Morgan fingerprint density at radius 2 is 1.69 bits per heavy atom. The molecule has 2 bridgehead atoms. The normalized spacial score (nSPS) is 42.4. The van der Waals surface area contributed by atoms with Gasteiger partial charge in [-0.2, -0.15) is 0 Å². The van der Waals surface area contributed by atoms with Crippen LogP contribution in [-0.4, -0.2) is 40.8 Å². The van der Waals surface area contributed by atoms with Gasteiger partial charge in [0, 0.05) is 18.1 Å². The maximum Gasteiger partial charge on any atom is 0.0832 e. The Hall–Kier alpha value is -0.120. The minimum atomic E-state index is -0.656. The number of nitrogens with zero attached hydrogens (tertiary/aromatic N) is 1. The van der Waals surface area contributed by atoms with E-state index >= 15 is 0 Å². The summed E-state index contributed by atoms with van der Waals surface area (Å²) in [6.45, 7) is 6.36. The van der Waals surface area contributed by atoms with Gasteiger partial charge < -0.3 is 15.7 Å². The molecule has 0 amide bonds. The maximum absolute atomic E-state index is 10.8. The van der Waals surface area contributed by atoms with Crippen molar-refractivity contribution in [2.45, 2.75) is 70.2 Å². The van der Waals surface area contributed by atoms with Crippen LogP contribution in [0.3, 0.4) is 0 Å². The number of rotatable bonds is 1. The fraction of sp³-hybridized carbons (Fsp3) is 1.00. The molecular formula is C13H26N2O. The van der Waals surface area contributed by atoms with Crippen molar-refractivity contribution in [2.75, 3.05) is 7.05 Å². The summed E-state index contributed by atoms with van der Waals surface area (Å²) in [7, 11) is 2.19. The standard InChI is InChI=1S/C13H26N2O/c1-12(2,3)11(14)13(16)7-9-5-6-10(8-13)15(9)4/h9-11,16H,5-8,14H2,1-4H3. The first-order chi connectivity index (χ1) is 7.24. The monoisotopic (exact) mass is 226 g/mol. The van der Waals surface area contributed by atoms with Gasteiger partial charge in [-0.15, -0.1) is 0 Å². The van der Waals surface area contributed by atoms with E-state index in [1.54, 1.807) is 0 Å². The lowest BCUT2D eigenvalue weighted by Gasteiger charge is -2.48. The first-order valence-corrected chi connectivity index (χ1v) is 6.44. The van der Waals surface area contributed by atoms with E-state index < -0.39 is 5.60 Å². The average Bonchev–Trinajstić information content (AvgIpc) is 2.40. The van der Waals surface area contributed by atoms with Crippen molar-refractivity contribution in [3.8, 4) is 0 Å². The van der Waals surface area contributed by atoms with Gasteiger partial charge in [0.2, 0.25) is 0 Å². The molecule has 94 valence electrons. The first kappa shape index (κ1) is 12.3. The van der Waals surface area contributed by atoms with Gasteiger partial charge in [0.15, 0.2) is 0 Å². The molecule has 0 saturated carbocycles. The number of hydrogen-bond acceptors (Lipinski definition) is 3. The quantitative estimate of drug-likeness (QED) is 0.709.